The summed E-state index contributed by atoms with van der Waals surface area (Å²) in [5, 5.41) is 2.51. The highest BCUT2D eigenvalue weighted by molar-refractivity contribution is 7.09. The van der Waals surface area contributed by atoms with E-state index in [2.05, 4.69) is 4.98 Å². The summed E-state index contributed by atoms with van der Waals surface area (Å²) in [6, 6.07) is 6.98. The number of carbonyl (C=O) groups excluding carboxylic acids is 2. The van der Waals surface area contributed by atoms with Crippen molar-refractivity contribution in [3.63, 3.8) is 0 Å². The Labute approximate surface area is 137 Å². The molecule has 0 spiro atoms. The largest absolute Gasteiger partial charge is 0.369 e. The number of hydrogen-bond acceptors (Lipinski definition) is 4. The van der Waals surface area contributed by atoms with Gasteiger partial charge < -0.3 is 11.5 Å². The molecule has 0 fully saturated rings. The molecule has 1 aliphatic carbocycles. The fraction of sp³-hybridized carbons (Fsp3) is 0.118. The van der Waals surface area contributed by atoms with E-state index < -0.39 is 17.2 Å². The van der Waals surface area contributed by atoms with Gasteiger partial charge in [-0.25, -0.2) is 4.98 Å². The van der Waals surface area contributed by atoms with Crippen molar-refractivity contribution in [3.8, 4) is 0 Å². The minimum absolute atomic E-state index is 0.428. The normalized spacial score (nSPS) is 20.1. The third-order valence-corrected chi connectivity index (χ3v) is 4.89. The third kappa shape index (κ3) is 2.68. The van der Waals surface area contributed by atoms with Gasteiger partial charge in [0.1, 0.15) is 10.4 Å². The van der Waals surface area contributed by atoms with Crippen LogP contribution in [0.25, 0.3) is 5.57 Å². The Bertz CT molecular complexity index is 807. The number of allylic oxidation sites excluding steroid dienone is 3. The van der Waals surface area contributed by atoms with Gasteiger partial charge in [0.25, 0.3) is 0 Å². The second kappa shape index (κ2) is 5.81. The van der Waals surface area contributed by atoms with Gasteiger partial charge in [0.15, 0.2) is 0 Å². The van der Waals surface area contributed by atoms with Gasteiger partial charge in [-0.05, 0) is 29.7 Å². The maximum absolute atomic E-state index is 12.1. The molecule has 0 saturated heterocycles. The number of benzene rings is 1. The summed E-state index contributed by atoms with van der Waals surface area (Å²) in [7, 11) is 0. The lowest BCUT2D eigenvalue weighted by Crippen LogP contribution is -2.40. The molecule has 23 heavy (non-hydrogen) atoms. The molecule has 2 amide bonds. The van der Waals surface area contributed by atoms with Gasteiger partial charge in [0.05, 0.1) is 0 Å². The summed E-state index contributed by atoms with van der Waals surface area (Å²) in [5.41, 5.74) is 12.3. The zero-order valence-corrected chi connectivity index (χ0v) is 13.0. The fourth-order valence-electron chi connectivity index (χ4n) is 2.66. The van der Waals surface area contributed by atoms with Crippen molar-refractivity contribution < 1.29 is 9.59 Å². The van der Waals surface area contributed by atoms with Crippen LogP contribution in [0.3, 0.4) is 0 Å². The van der Waals surface area contributed by atoms with Crippen LogP contribution >= 0.6 is 11.3 Å². The molecular weight excluding hydrogens is 310 g/mol. The van der Waals surface area contributed by atoms with Gasteiger partial charge in [-0.2, -0.15) is 0 Å². The molecule has 1 heterocycles. The lowest BCUT2D eigenvalue weighted by atomic mass is 9.76. The Hall–Kier alpha value is -2.73. The van der Waals surface area contributed by atoms with Gasteiger partial charge >= 0.3 is 0 Å². The summed E-state index contributed by atoms with van der Waals surface area (Å²) in [6.07, 6.45) is 7.66. The number of thiazole rings is 1. The number of carbonyl (C=O) groups is 2. The number of hydrogen-bond donors (Lipinski definition) is 2. The van der Waals surface area contributed by atoms with Crippen LogP contribution in [0.2, 0.25) is 0 Å². The van der Waals surface area contributed by atoms with Crippen molar-refractivity contribution in [2.24, 2.45) is 11.5 Å². The second-order valence-corrected chi connectivity index (χ2v) is 6.24. The standard InChI is InChI=1S/C17H15N3O2S/c18-14(21)12-5-3-11(4-6-12)13-2-1-7-17(10-13,15(19)22)16-20-8-9-23-16/h1-9H,10H2,(H2,18,21)(H2,19,22). The predicted molar refractivity (Wildman–Crippen MR) is 89.7 cm³/mol. The van der Waals surface area contributed by atoms with E-state index in [1.54, 1.807) is 24.4 Å². The molecule has 2 aromatic rings. The van der Waals surface area contributed by atoms with Crippen LogP contribution in [0.5, 0.6) is 0 Å². The lowest BCUT2D eigenvalue weighted by Gasteiger charge is -2.29. The highest BCUT2D eigenvalue weighted by Gasteiger charge is 2.40. The summed E-state index contributed by atoms with van der Waals surface area (Å²) >= 11 is 1.41. The molecule has 116 valence electrons. The zero-order valence-electron chi connectivity index (χ0n) is 12.2. The van der Waals surface area contributed by atoms with E-state index in [0.29, 0.717) is 17.0 Å². The van der Waals surface area contributed by atoms with Gasteiger partial charge in [0, 0.05) is 17.1 Å². The van der Waals surface area contributed by atoms with E-state index in [0.717, 1.165) is 11.1 Å². The van der Waals surface area contributed by atoms with Gasteiger partial charge in [0.2, 0.25) is 11.8 Å². The van der Waals surface area contributed by atoms with Gasteiger partial charge in [-0.15, -0.1) is 11.3 Å². The van der Waals surface area contributed by atoms with E-state index in [-0.39, 0.29) is 0 Å². The molecule has 6 heteroatoms. The van der Waals surface area contributed by atoms with Crippen molar-refractivity contribution in [3.05, 3.63) is 70.2 Å². The Morgan fingerprint density at radius 2 is 1.91 bits per heavy atom. The molecule has 4 N–H and O–H groups in total. The van der Waals surface area contributed by atoms with Crippen LogP contribution in [-0.2, 0) is 10.2 Å². The first-order valence-electron chi connectivity index (χ1n) is 7.01. The zero-order chi connectivity index (χ0) is 16.4. The molecular formula is C17H15N3O2S. The van der Waals surface area contributed by atoms with E-state index in [4.69, 9.17) is 11.5 Å². The summed E-state index contributed by atoms with van der Waals surface area (Å²) < 4.78 is 0. The first-order chi connectivity index (χ1) is 11.0. The topological polar surface area (TPSA) is 99.1 Å². The van der Waals surface area contributed by atoms with Gasteiger partial charge in [-0.3, -0.25) is 9.59 Å². The molecule has 0 radical (unpaired) electrons. The van der Waals surface area contributed by atoms with E-state index in [1.807, 2.05) is 29.7 Å². The predicted octanol–water partition coefficient (Wildman–Crippen LogP) is 2.01. The molecule has 1 aromatic heterocycles. The van der Waals surface area contributed by atoms with Crippen molar-refractivity contribution in [2.45, 2.75) is 11.8 Å². The number of amides is 2. The Morgan fingerprint density at radius 3 is 2.48 bits per heavy atom. The number of primary amides is 2. The van der Waals surface area contributed by atoms with Gasteiger partial charge in [-0.1, -0.05) is 30.4 Å². The minimum atomic E-state index is -0.930. The number of nitrogens with two attached hydrogens (primary N) is 2. The fourth-order valence-corrected chi connectivity index (χ4v) is 3.48. The number of nitrogens with zero attached hydrogens (tertiary/aromatic N) is 1. The summed E-state index contributed by atoms with van der Waals surface area (Å²) in [4.78, 5) is 27.6. The van der Waals surface area contributed by atoms with Crippen LogP contribution in [-0.4, -0.2) is 16.8 Å². The quantitative estimate of drug-likeness (QED) is 0.899. The van der Waals surface area contributed by atoms with E-state index in [9.17, 15) is 9.59 Å². The van der Waals surface area contributed by atoms with Crippen LogP contribution in [0, 0.1) is 0 Å². The first-order valence-corrected chi connectivity index (χ1v) is 7.89. The Morgan fingerprint density at radius 1 is 1.17 bits per heavy atom. The van der Waals surface area contributed by atoms with Crippen molar-refractivity contribution in [1.29, 1.82) is 0 Å². The maximum atomic E-state index is 12.1. The average Bonchev–Trinajstić information content (AvgIpc) is 3.10. The summed E-state index contributed by atoms with van der Waals surface area (Å²) in [6.45, 7) is 0. The highest BCUT2D eigenvalue weighted by Crippen LogP contribution is 2.39. The number of aromatic nitrogens is 1. The molecule has 1 aliphatic rings. The second-order valence-electron chi connectivity index (χ2n) is 5.34. The van der Waals surface area contributed by atoms with Crippen LogP contribution in [0.1, 0.15) is 27.3 Å². The van der Waals surface area contributed by atoms with Crippen LogP contribution < -0.4 is 11.5 Å². The molecule has 1 aromatic carbocycles. The van der Waals surface area contributed by atoms with Crippen LogP contribution in [0.15, 0.2) is 54.1 Å². The lowest BCUT2D eigenvalue weighted by molar-refractivity contribution is -0.121. The van der Waals surface area contributed by atoms with Crippen molar-refractivity contribution in [1.82, 2.24) is 4.98 Å². The first kappa shape index (κ1) is 15.2. The molecule has 1 unspecified atom stereocenters. The molecule has 0 aliphatic heterocycles. The number of rotatable bonds is 4. The molecule has 0 bridgehead atoms. The van der Waals surface area contributed by atoms with E-state index >= 15 is 0 Å². The molecule has 0 saturated carbocycles. The maximum Gasteiger partial charge on any atom is 0.248 e. The Kier molecular flexibility index (Phi) is 3.83. The third-order valence-electron chi connectivity index (χ3n) is 3.94. The van der Waals surface area contributed by atoms with Crippen LogP contribution in [0.4, 0.5) is 0 Å². The smallest absolute Gasteiger partial charge is 0.248 e. The Balaban J connectivity index is 1.97. The SMILES string of the molecule is NC(=O)c1ccc(C2=CC=CC(C(N)=O)(c3nccs3)C2)cc1. The molecule has 5 nitrogen and oxygen atoms in total. The van der Waals surface area contributed by atoms with Crippen molar-refractivity contribution in [2.75, 3.05) is 0 Å². The molecule has 1 atom stereocenters. The minimum Gasteiger partial charge on any atom is -0.369 e. The van der Waals surface area contributed by atoms with E-state index in [1.165, 1.54) is 11.3 Å². The summed E-state index contributed by atoms with van der Waals surface area (Å²) in [5.74, 6) is -0.897. The molecule has 3 rings (SSSR count). The monoisotopic (exact) mass is 325 g/mol. The van der Waals surface area contributed by atoms with Crippen molar-refractivity contribution >= 4 is 28.7 Å². The highest BCUT2D eigenvalue weighted by atomic mass is 32.1. The average molecular weight is 325 g/mol.